The Bertz CT molecular complexity index is 1930. The van der Waals surface area contributed by atoms with Crippen molar-refractivity contribution in [2.45, 2.75) is 31.6 Å². The van der Waals surface area contributed by atoms with Crippen LogP contribution in [0.15, 0.2) is 139 Å². The predicted molar refractivity (Wildman–Crippen MR) is 175 cm³/mol. The number of nitrogens with zero attached hydrogens (tertiary/aromatic N) is 2. The van der Waals surface area contributed by atoms with Crippen molar-refractivity contribution in [3.63, 3.8) is 0 Å². The molecule has 1 aliphatic rings. The van der Waals surface area contributed by atoms with E-state index in [1.54, 1.807) is 0 Å². The lowest BCUT2D eigenvalue weighted by Crippen LogP contribution is -2.26. The Morgan fingerprint density at radius 2 is 1.24 bits per heavy atom. The summed E-state index contributed by atoms with van der Waals surface area (Å²) in [6, 6.07) is 44.0. The summed E-state index contributed by atoms with van der Waals surface area (Å²) < 4.78 is 2.06. The van der Waals surface area contributed by atoms with E-state index in [2.05, 4.69) is 85.1 Å². The van der Waals surface area contributed by atoms with Gasteiger partial charge < -0.3 is 10.3 Å². The van der Waals surface area contributed by atoms with Gasteiger partial charge in [0, 0.05) is 17.0 Å². The van der Waals surface area contributed by atoms with Crippen LogP contribution in [-0.4, -0.2) is 10.3 Å². The van der Waals surface area contributed by atoms with Gasteiger partial charge in [0.05, 0.1) is 17.3 Å². The summed E-state index contributed by atoms with van der Waals surface area (Å²) in [5, 5.41) is 1.14. The minimum Gasteiger partial charge on any atom is -0.319 e. The molecule has 6 aromatic rings. The van der Waals surface area contributed by atoms with Gasteiger partial charge in [-0.2, -0.15) is 0 Å². The molecule has 4 heteroatoms. The molecule has 5 aromatic carbocycles. The molecular weight excluding hydrogens is 512 g/mol. The molecule has 206 valence electrons. The zero-order valence-corrected chi connectivity index (χ0v) is 23.9. The molecule has 42 heavy (non-hydrogen) atoms. The number of nitrogens with two attached hydrogens (primary N) is 2. The standard InChI is InChI=1S/C38H34N4/c1-38(2)32-20-12-11-19-30(32)28-17-9-10-18-29(28)31-24-34-27(23-33(31)38)21-22-42(34)37(40)41-36(26-15-7-4-8-16-26)35(39)25-13-5-3-6-14-25/h3-24,35,37H,39-40H2,1-2H3/b41-36-/t35-,37?/m1/s1. The maximum absolute atomic E-state index is 6.90. The number of aliphatic imine (C=N–C) groups is 1. The van der Waals surface area contributed by atoms with E-state index in [9.17, 15) is 0 Å². The molecule has 0 spiro atoms. The maximum atomic E-state index is 6.90. The Labute approximate surface area is 247 Å². The number of fused-ring (bicyclic) bond motifs is 6. The Balaban J connectivity index is 1.40. The third-order valence-electron chi connectivity index (χ3n) is 8.72. The van der Waals surface area contributed by atoms with Gasteiger partial charge in [-0.3, -0.25) is 5.73 Å². The van der Waals surface area contributed by atoms with Crippen molar-refractivity contribution < 1.29 is 0 Å². The molecule has 0 bridgehead atoms. The van der Waals surface area contributed by atoms with Gasteiger partial charge in [0.2, 0.25) is 0 Å². The van der Waals surface area contributed by atoms with Crippen LogP contribution < -0.4 is 11.5 Å². The quantitative estimate of drug-likeness (QED) is 0.214. The largest absolute Gasteiger partial charge is 0.319 e. The van der Waals surface area contributed by atoms with Crippen molar-refractivity contribution in [1.82, 2.24) is 4.57 Å². The van der Waals surface area contributed by atoms with Gasteiger partial charge in [-0.15, -0.1) is 0 Å². The minimum atomic E-state index is -0.656. The first-order valence-electron chi connectivity index (χ1n) is 14.5. The van der Waals surface area contributed by atoms with Crippen molar-refractivity contribution in [3.05, 3.63) is 156 Å². The fourth-order valence-electron chi connectivity index (χ4n) is 6.50. The number of hydrogen-bond donors (Lipinski definition) is 2. The van der Waals surface area contributed by atoms with Crippen LogP contribution in [0.2, 0.25) is 0 Å². The van der Waals surface area contributed by atoms with Crippen LogP contribution >= 0.6 is 0 Å². The topological polar surface area (TPSA) is 69.3 Å². The fraction of sp³-hybridized carbons (Fsp3) is 0.132. The number of aromatic nitrogens is 1. The number of rotatable bonds is 5. The number of hydrogen-bond acceptors (Lipinski definition) is 3. The fourth-order valence-corrected chi connectivity index (χ4v) is 6.50. The van der Waals surface area contributed by atoms with Crippen LogP contribution in [-0.2, 0) is 5.41 Å². The molecule has 4 N–H and O–H groups in total. The summed E-state index contributed by atoms with van der Waals surface area (Å²) in [7, 11) is 0. The van der Waals surface area contributed by atoms with E-state index < -0.39 is 12.3 Å². The highest BCUT2D eigenvalue weighted by Crippen LogP contribution is 2.49. The van der Waals surface area contributed by atoms with Gasteiger partial charge in [-0.05, 0) is 62.7 Å². The average Bonchev–Trinajstić information content (AvgIpc) is 3.44. The summed E-state index contributed by atoms with van der Waals surface area (Å²) in [4.78, 5) is 5.08. The van der Waals surface area contributed by atoms with Crippen molar-refractivity contribution in [1.29, 1.82) is 0 Å². The van der Waals surface area contributed by atoms with Crippen LogP contribution in [0.5, 0.6) is 0 Å². The summed E-state index contributed by atoms with van der Waals surface area (Å²) in [5.41, 5.74) is 24.9. The first kappa shape index (κ1) is 26.1. The molecule has 0 radical (unpaired) electrons. The molecule has 0 aliphatic heterocycles. The molecular formula is C38H34N4. The van der Waals surface area contributed by atoms with Gasteiger partial charge in [0.1, 0.15) is 0 Å². The Hall–Kier alpha value is -4.77. The molecule has 0 saturated heterocycles. The molecule has 0 fully saturated rings. The SMILES string of the molecule is CC1(C)c2ccccc2-c2ccccc2-c2cc3c(ccn3C(N)/N=C(/c3ccccc3)[C@H](N)c3ccccc3)cc21. The molecule has 1 aliphatic carbocycles. The Morgan fingerprint density at radius 3 is 1.95 bits per heavy atom. The van der Waals surface area contributed by atoms with Crippen molar-refractivity contribution in [2.24, 2.45) is 16.5 Å². The molecule has 0 saturated carbocycles. The lowest BCUT2D eigenvalue weighted by atomic mass is 9.75. The first-order chi connectivity index (χ1) is 20.4. The second-order valence-corrected chi connectivity index (χ2v) is 11.6. The van der Waals surface area contributed by atoms with Crippen LogP contribution in [0.3, 0.4) is 0 Å². The molecule has 7 rings (SSSR count). The molecule has 4 nitrogen and oxygen atoms in total. The van der Waals surface area contributed by atoms with E-state index in [1.807, 2.05) is 66.9 Å². The minimum absolute atomic E-state index is 0.190. The van der Waals surface area contributed by atoms with E-state index in [-0.39, 0.29) is 5.41 Å². The summed E-state index contributed by atoms with van der Waals surface area (Å²) in [6.07, 6.45) is 1.39. The first-order valence-corrected chi connectivity index (χ1v) is 14.5. The van der Waals surface area contributed by atoms with E-state index in [0.717, 1.165) is 27.7 Å². The highest BCUT2D eigenvalue weighted by molar-refractivity contribution is 6.05. The van der Waals surface area contributed by atoms with E-state index in [1.165, 1.54) is 33.4 Å². The van der Waals surface area contributed by atoms with E-state index in [4.69, 9.17) is 16.5 Å². The second kappa shape index (κ2) is 10.3. The second-order valence-electron chi connectivity index (χ2n) is 11.6. The van der Waals surface area contributed by atoms with Crippen LogP contribution in [0.1, 0.15) is 48.4 Å². The zero-order chi connectivity index (χ0) is 28.8. The van der Waals surface area contributed by atoms with Crippen molar-refractivity contribution >= 4 is 16.6 Å². The monoisotopic (exact) mass is 546 g/mol. The molecule has 1 unspecified atom stereocenters. The van der Waals surface area contributed by atoms with Gasteiger partial charge in [0.25, 0.3) is 0 Å². The zero-order valence-electron chi connectivity index (χ0n) is 23.9. The Kier molecular flexibility index (Phi) is 6.38. The van der Waals surface area contributed by atoms with Crippen molar-refractivity contribution in [2.75, 3.05) is 0 Å². The molecule has 1 heterocycles. The third kappa shape index (κ3) is 4.28. The van der Waals surface area contributed by atoms with Crippen LogP contribution in [0.4, 0.5) is 0 Å². The smallest absolute Gasteiger partial charge is 0.177 e. The van der Waals surface area contributed by atoms with E-state index in [0.29, 0.717) is 0 Å². The van der Waals surface area contributed by atoms with Crippen molar-refractivity contribution in [3.8, 4) is 22.3 Å². The van der Waals surface area contributed by atoms with Crippen LogP contribution in [0.25, 0.3) is 33.2 Å². The van der Waals surface area contributed by atoms with Gasteiger partial charge >= 0.3 is 0 Å². The highest BCUT2D eigenvalue weighted by atomic mass is 15.2. The summed E-state index contributed by atoms with van der Waals surface area (Å²) in [5.74, 6) is 0. The lowest BCUT2D eigenvalue weighted by molar-refractivity contribution is 0.563. The highest BCUT2D eigenvalue weighted by Gasteiger charge is 2.33. The van der Waals surface area contributed by atoms with E-state index >= 15 is 0 Å². The Morgan fingerprint density at radius 1 is 0.643 bits per heavy atom. The van der Waals surface area contributed by atoms with Crippen LogP contribution in [0, 0.1) is 0 Å². The number of benzene rings is 5. The third-order valence-corrected chi connectivity index (χ3v) is 8.72. The normalized spacial score (nSPS) is 15.3. The lowest BCUT2D eigenvalue weighted by Gasteiger charge is -2.28. The summed E-state index contributed by atoms with van der Waals surface area (Å²) >= 11 is 0. The summed E-state index contributed by atoms with van der Waals surface area (Å²) in [6.45, 7) is 4.65. The van der Waals surface area contributed by atoms with Gasteiger partial charge in [-0.1, -0.05) is 123 Å². The van der Waals surface area contributed by atoms with Gasteiger partial charge in [0.15, 0.2) is 6.29 Å². The van der Waals surface area contributed by atoms with Gasteiger partial charge in [-0.25, -0.2) is 4.99 Å². The molecule has 2 atom stereocenters. The maximum Gasteiger partial charge on any atom is 0.177 e. The molecule has 0 amide bonds. The predicted octanol–water partition coefficient (Wildman–Crippen LogP) is 8.22. The molecule has 1 aromatic heterocycles. The average molecular weight is 547 g/mol.